The maximum Gasteiger partial charge on any atom is 0.191 e. The van der Waals surface area contributed by atoms with Crippen LogP contribution in [0.25, 0.3) is 0 Å². The zero-order chi connectivity index (χ0) is 19.4. The number of nitrogens with one attached hydrogen (secondary N) is 2. The Morgan fingerprint density at radius 2 is 2.04 bits per heavy atom. The summed E-state index contributed by atoms with van der Waals surface area (Å²) in [5.74, 6) is 0.294. The van der Waals surface area contributed by atoms with Crippen molar-refractivity contribution >= 4 is 5.96 Å². The fourth-order valence-corrected chi connectivity index (χ4v) is 2.70. The van der Waals surface area contributed by atoms with Gasteiger partial charge in [-0.15, -0.1) is 0 Å². The van der Waals surface area contributed by atoms with Crippen molar-refractivity contribution in [3.8, 4) is 6.07 Å². The number of hydrogen-bond acceptors (Lipinski definition) is 3. The average molecular weight is 362 g/mol. The molecule has 1 unspecified atom stereocenters. The van der Waals surface area contributed by atoms with Crippen LogP contribution in [-0.4, -0.2) is 43.1 Å². The zero-order valence-corrected chi connectivity index (χ0v) is 16.5. The molecule has 144 valence electrons. The Morgan fingerprint density at radius 3 is 2.62 bits per heavy atom. The SMILES string of the molecule is CCNC(=NCc1ccc(C#N)cc1F)NC(C)CCCN(CC)CC. The van der Waals surface area contributed by atoms with E-state index < -0.39 is 5.82 Å². The molecule has 0 spiro atoms. The molecule has 0 aliphatic carbocycles. The van der Waals surface area contributed by atoms with Gasteiger partial charge in [-0.05, 0) is 58.5 Å². The lowest BCUT2D eigenvalue weighted by Crippen LogP contribution is -2.42. The zero-order valence-electron chi connectivity index (χ0n) is 16.5. The van der Waals surface area contributed by atoms with Crippen LogP contribution in [0.5, 0.6) is 0 Å². The molecule has 0 amide bonds. The number of halogens is 1. The van der Waals surface area contributed by atoms with E-state index in [1.165, 1.54) is 6.07 Å². The summed E-state index contributed by atoms with van der Waals surface area (Å²) in [4.78, 5) is 6.89. The van der Waals surface area contributed by atoms with Gasteiger partial charge in [0.05, 0.1) is 18.2 Å². The summed E-state index contributed by atoms with van der Waals surface area (Å²) in [6.45, 7) is 12.8. The van der Waals surface area contributed by atoms with Crippen LogP contribution in [0.2, 0.25) is 0 Å². The number of benzene rings is 1. The lowest BCUT2D eigenvalue weighted by molar-refractivity contribution is 0.292. The summed E-state index contributed by atoms with van der Waals surface area (Å²) >= 11 is 0. The quantitative estimate of drug-likeness (QED) is 0.496. The second kappa shape index (κ2) is 12.3. The van der Waals surface area contributed by atoms with Gasteiger partial charge < -0.3 is 15.5 Å². The maximum absolute atomic E-state index is 14.0. The molecule has 0 radical (unpaired) electrons. The Bertz CT molecular complexity index is 605. The van der Waals surface area contributed by atoms with Gasteiger partial charge in [-0.25, -0.2) is 9.38 Å². The Kier molecular flexibility index (Phi) is 10.3. The van der Waals surface area contributed by atoms with E-state index >= 15 is 0 Å². The van der Waals surface area contributed by atoms with E-state index in [1.54, 1.807) is 12.1 Å². The number of hydrogen-bond donors (Lipinski definition) is 2. The Morgan fingerprint density at radius 1 is 1.31 bits per heavy atom. The first-order valence-electron chi connectivity index (χ1n) is 9.49. The lowest BCUT2D eigenvalue weighted by Gasteiger charge is -2.21. The largest absolute Gasteiger partial charge is 0.357 e. The van der Waals surface area contributed by atoms with Crippen LogP contribution in [0.3, 0.4) is 0 Å². The minimum Gasteiger partial charge on any atom is -0.357 e. The number of nitriles is 1. The Balaban J connectivity index is 2.59. The molecule has 0 heterocycles. The van der Waals surface area contributed by atoms with Gasteiger partial charge >= 0.3 is 0 Å². The van der Waals surface area contributed by atoms with Crippen LogP contribution in [0.15, 0.2) is 23.2 Å². The van der Waals surface area contributed by atoms with E-state index in [4.69, 9.17) is 5.26 Å². The lowest BCUT2D eigenvalue weighted by atomic mass is 10.1. The highest BCUT2D eigenvalue weighted by atomic mass is 19.1. The van der Waals surface area contributed by atoms with Crippen LogP contribution < -0.4 is 10.6 Å². The van der Waals surface area contributed by atoms with Gasteiger partial charge in [0, 0.05) is 18.2 Å². The number of aliphatic imine (C=N–C) groups is 1. The predicted octanol–water partition coefficient (Wildman–Crippen LogP) is 3.26. The maximum atomic E-state index is 14.0. The van der Waals surface area contributed by atoms with Crippen molar-refractivity contribution in [1.82, 2.24) is 15.5 Å². The molecule has 0 aliphatic heterocycles. The molecule has 1 aromatic carbocycles. The molecular weight excluding hydrogens is 329 g/mol. The first kappa shape index (κ1) is 21.9. The molecule has 0 saturated heterocycles. The molecule has 1 aromatic rings. The van der Waals surface area contributed by atoms with Gasteiger partial charge in [0.25, 0.3) is 0 Å². The van der Waals surface area contributed by atoms with Crippen LogP contribution in [0.1, 0.15) is 51.7 Å². The van der Waals surface area contributed by atoms with Crippen LogP contribution in [0, 0.1) is 17.1 Å². The second-order valence-corrected chi connectivity index (χ2v) is 6.33. The van der Waals surface area contributed by atoms with Gasteiger partial charge in [0.15, 0.2) is 5.96 Å². The summed E-state index contributed by atoms with van der Waals surface area (Å²) in [7, 11) is 0. The fourth-order valence-electron chi connectivity index (χ4n) is 2.70. The third kappa shape index (κ3) is 7.83. The number of rotatable bonds is 10. The summed E-state index contributed by atoms with van der Waals surface area (Å²) in [5.41, 5.74) is 0.803. The third-order valence-electron chi connectivity index (χ3n) is 4.32. The smallest absolute Gasteiger partial charge is 0.191 e. The molecule has 0 bridgehead atoms. The van der Waals surface area contributed by atoms with E-state index in [0.717, 1.165) is 39.0 Å². The van der Waals surface area contributed by atoms with Gasteiger partial charge in [0.2, 0.25) is 0 Å². The first-order valence-corrected chi connectivity index (χ1v) is 9.49. The van der Waals surface area contributed by atoms with Crippen molar-refractivity contribution in [2.45, 2.75) is 53.1 Å². The van der Waals surface area contributed by atoms with Crippen molar-refractivity contribution in [2.75, 3.05) is 26.2 Å². The summed E-state index contributed by atoms with van der Waals surface area (Å²) < 4.78 is 14.0. The predicted molar refractivity (Wildman–Crippen MR) is 106 cm³/mol. The van der Waals surface area contributed by atoms with Crippen molar-refractivity contribution < 1.29 is 4.39 Å². The third-order valence-corrected chi connectivity index (χ3v) is 4.32. The summed E-state index contributed by atoms with van der Waals surface area (Å²) in [6, 6.07) is 6.71. The van der Waals surface area contributed by atoms with Gasteiger partial charge in [-0.3, -0.25) is 0 Å². The highest BCUT2D eigenvalue weighted by Gasteiger charge is 2.08. The van der Waals surface area contributed by atoms with E-state index in [0.29, 0.717) is 17.1 Å². The highest BCUT2D eigenvalue weighted by Crippen LogP contribution is 2.11. The molecule has 26 heavy (non-hydrogen) atoms. The van der Waals surface area contributed by atoms with Gasteiger partial charge in [-0.2, -0.15) is 5.26 Å². The van der Waals surface area contributed by atoms with Crippen molar-refractivity contribution in [1.29, 1.82) is 5.26 Å². The van der Waals surface area contributed by atoms with E-state index in [1.807, 2.05) is 13.0 Å². The van der Waals surface area contributed by atoms with Crippen molar-refractivity contribution in [2.24, 2.45) is 4.99 Å². The van der Waals surface area contributed by atoms with Crippen LogP contribution >= 0.6 is 0 Å². The number of nitrogens with zero attached hydrogens (tertiary/aromatic N) is 3. The highest BCUT2D eigenvalue weighted by molar-refractivity contribution is 5.80. The molecule has 1 atom stereocenters. The van der Waals surface area contributed by atoms with Crippen molar-refractivity contribution in [3.05, 3.63) is 35.1 Å². The standard InChI is InChI=1S/C20H32FN5/c1-5-23-20(25-16(4)9-8-12-26(6-2)7-3)24-15-18-11-10-17(14-22)13-19(18)21/h10-11,13,16H,5-9,12,15H2,1-4H3,(H2,23,24,25). The topological polar surface area (TPSA) is 63.5 Å². The summed E-state index contributed by atoms with van der Waals surface area (Å²) in [5, 5.41) is 15.4. The molecule has 0 aromatic heterocycles. The molecule has 6 heteroatoms. The molecule has 2 N–H and O–H groups in total. The number of guanidine groups is 1. The van der Waals surface area contributed by atoms with Gasteiger partial charge in [0.1, 0.15) is 5.82 Å². The monoisotopic (exact) mass is 361 g/mol. The summed E-state index contributed by atoms with van der Waals surface area (Å²) in [6.07, 6.45) is 2.17. The second-order valence-electron chi connectivity index (χ2n) is 6.33. The average Bonchev–Trinajstić information content (AvgIpc) is 2.64. The molecule has 0 aliphatic rings. The Labute approximate surface area is 157 Å². The minimum absolute atomic E-state index is 0.235. The van der Waals surface area contributed by atoms with Crippen LogP contribution in [-0.2, 0) is 6.54 Å². The van der Waals surface area contributed by atoms with Crippen molar-refractivity contribution in [3.63, 3.8) is 0 Å². The Hall–Kier alpha value is -2.13. The molecule has 5 nitrogen and oxygen atoms in total. The molecular formula is C20H32FN5. The molecule has 0 saturated carbocycles. The first-order chi connectivity index (χ1) is 12.5. The van der Waals surface area contributed by atoms with E-state index in [2.05, 4.69) is 41.3 Å². The van der Waals surface area contributed by atoms with Crippen LogP contribution in [0.4, 0.5) is 4.39 Å². The van der Waals surface area contributed by atoms with E-state index in [9.17, 15) is 4.39 Å². The normalized spacial score (nSPS) is 12.7. The fraction of sp³-hybridized carbons (Fsp3) is 0.600. The molecule has 1 rings (SSSR count). The van der Waals surface area contributed by atoms with Gasteiger partial charge in [-0.1, -0.05) is 19.9 Å². The van der Waals surface area contributed by atoms with E-state index in [-0.39, 0.29) is 12.6 Å². The minimum atomic E-state index is -0.393. The molecule has 0 fully saturated rings.